The van der Waals surface area contributed by atoms with Crippen molar-refractivity contribution in [2.75, 3.05) is 5.32 Å². The van der Waals surface area contributed by atoms with Crippen molar-refractivity contribution in [3.63, 3.8) is 0 Å². The summed E-state index contributed by atoms with van der Waals surface area (Å²) in [4.78, 5) is 21.4. The molecule has 1 N–H and O–H groups in total. The quantitative estimate of drug-likeness (QED) is 0.935. The fraction of sp³-hybridized carbons (Fsp3) is 0.462. The zero-order chi connectivity index (χ0) is 14.0. The van der Waals surface area contributed by atoms with Gasteiger partial charge < -0.3 is 9.88 Å². The zero-order valence-electron chi connectivity index (χ0n) is 11.6. The van der Waals surface area contributed by atoms with E-state index in [1.54, 1.807) is 6.20 Å². The van der Waals surface area contributed by atoms with Gasteiger partial charge >= 0.3 is 0 Å². The van der Waals surface area contributed by atoms with Crippen LogP contribution in [0.1, 0.15) is 26.0 Å². The summed E-state index contributed by atoms with van der Waals surface area (Å²) >= 11 is 1.46. The molecule has 2 heterocycles. The number of amides is 1. The predicted octanol–water partition coefficient (Wildman–Crippen LogP) is 2.84. The smallest absolute Gasteiger partial charge is 0.226 e. The Morgan fingerprint density at radius 3 is 2.84 bits per heavy atom. The second-order valence-electron chi connectivity index (χ2n) is 4.94. The van der Waals surface area contributed by atoms with Crippen LogP contribution in [0, 0.1) is 12.8 Å². The highest BCUT2D eigenvalue weighted by Gasteiger charge is 2.15. The fourth-order valence-electron chi connectivity index (χ4n) is 1.78. The topological polar surface area (TPSA) is 59.8 Å². The Labute approximate surface area is 116 Å². The number of hydrogen-bond acceptors (Lipinski definition) is 4. The van der Waals surface area contributed by atoms with E-state index in [0.29, 0.717) is 17.5 Å². The lowest BCUT2D eigenvalue weighted by molar-refractivity contribution is -0.116. The summed E-state index contributed by atoms with van der Waals surface area (Å²) in [6.07, 6.45) is 4.16. The van der Waals surface area contributed by atoms with Crippen molar-refractivity contribution < 1.29 is 4.79 Å². The molecule has 0 aliphatic carbocycles. The van der Waals surface area contributed by atoms with Crippen LogP contribution in [0.5, 0.6) is 0 Å². The van der Waals surface area contributed by atoms with Crippen LogP contribution in [-0.2, 0) is 11.8 Å². The first kappa shape index (κ1) is 13.7. The molecule has 2 rings (SSSR count). The monoisotopic (exact) mass is 278 g/mol. The van der Waals surface area contributed by atoms with Crippen molar-refractivity contribution in [1.29, 1.82) is 0 Å². The SMILES string of the molecule is Cc1nc(NC(=O)CC(C)C)sc1-c1nccn1C. The molecule has 0 unspecified atom stereocenters. The number of hydrogen-bond donors (Lipinski definition) is 1. The third kappa shape index (κ3) is 3.20. The molecule has 5 nitrogen and oxygen atoms in total. The van der Waals surface area contributed by atoms with Gasteiger partial charge in [0.2, 0.25) is 5.91 Å². The van der Waals surface area contributed by atoms with Gasteiger partial charge in [0.05, 0.1) is 10.6 Å². The van der Waals surface area contributed by atoms with Gasteiger partial charge in [-0.05, 0) is 12.8 Å². The molecule has 0 spiro atoms. The number of anilines is 1. The number of imidazole rings is 1. The molecule has 0 saturated carbocycles. The van der Waals surface area contributed by atoms with Crippen LogP contribution in [-0.4, -0.2) is 20.4 Å². The normalized spacial score (nSPS) is 11.0. The molecule has 2 aromatic heterocycles. The number of rotatable bonds is 4. The van der Waals surface area contributed by atoms with Crippen molar-refractivity contribution in [3.8, 4) is 10.7 Å². The molecule has 1 amide bonds. The Morgan fingerprint density at radius 2 is 2.26 bits per heavy atom. The van der Waals surface area contributed by atoms with Crippen molar-refractivity contribution in [1.82, 2.24) is 14.5 Å². The highest BCUT2D eigenvalue weighted by Crippen LogP contribution is 2.31. The molecule has 0 atom stereocenters. The molecule has 19 heavy (non-hydrogen) atoms. The van der Waals surface area contributed by atoms with E-state index >= 15 is 0 Å². The van der Waals surface area contributed by atoms with Gasteiger partial charge in [0.1, 0.15) is 0 Å². The van der Waals surface area contributed by atoms with E-state index in [9.17, 15) is 4.79 Å². The van der Waals surface area contributed by atoms with E-state index in [2.05, 4.69) is 15.3 Å². The average molecular weight is 278 g/mol. The van der Waals surface area contributed by atoms with E-state index in [1.165, 1.54) is 11.3 Å². The average Bonchev–Trinajstić information content (AvgIpc) is 2.83. The Kier molecular flexibility index (Phi) is 3.99. The number of nitrogens with one attached hydrogen (secondary N) is 1. The van der Waals surface area contributed by atoms with Crippen LogP contribution in [0.4, 0.5) is 5.13 Å². The lowest BCUT2D eigenvalue weighted by atomic mass is 10.1. The second kappa shape index (κ2) is 5.52. The van der Waals surface area contributed by atoms with Gasteiger partial charge in [-0.3, -0.25) is 4.79 Å². The minimum Gasteiger partial charge on any atom is -0.333 e. The molecular weight excluding hydrogens is 260 g/mol. The maximum absolute atomic E-state index is 11.7. The van der Waals surface area contributed by atoms with Crippen molar-refractivity contribution in [2.24, 2.45) is 13.0 Å². The molecule has 0 aliphatic rings. The fourth-order valence-corrected chi connectivity index (χ4v) is 2.80. The van der Waals surface area contributed by atoms with Gasteiger partial charge in [-0.2, -0.15) is 0 Å². The summed E-state index contributed by atoms with van der Waals surface area (Å²) in [6.45, 7) is 5.97. The zero-order valence-corrected chi connectivity index (χ0v) is 12.4. The lowest BCUT2D eigenvalue weighted by Crippen LogP contribution is -2.13. The third-order valence-electron chi connectivity index (χ3n) is 2.66. The van der Waals surface area contributed by atoms with Crippen LogP contribution in [0.3, 0.4) is 0 Å². The predicted molar refractivity (Wildman–Crippen MR) is 77.1 cm³/mol. The number of thiazole rings is 1. The highest BCUT2D eigenvalue weighted by molar-refractivity contribution is 7.19. The molecule has 0 saturated heterocycles. The largest absolute Gasteiger partial charge is 0.333 e. The van der Waals surface area contributed by atoms with Crippen LogP contribution < -0.4 is 5.32 Å². The van der Waals surface area contributed by atoms with Crippen LogP contribution in [0.25, 0.3) is 10.7 Å². The third-order valence-corrected chi connectivity index (χ3v) is 3.73. The van der Waals surface area contributed by atoms with Crippen molar-refractivity contribution in [3.05, 3.63) is 18.1 Å². The Balaban J connectivity index is 2.18. The number of nitrogens with zero attached hydrogens (tertiary/aromatic N) is 3. The first-order chi connectivity index (χ1) is 8.97. The van der Waals surface area contributed by atoms with Gasteiger partial charge in [0.25, 0.3) is 0 Å². The van der Waals surface area contributed by atoms with Gasteiger partial charge in [0, 0.05) is 25.9 Å². The van der Waals surface area contributed by atoms with Crippen molar-refractivity contribution >= 4 is 22.4 Å². The molecule has 0 radical (unpaired) electrons. The van der Waals surface area contributed by atoms with Gasteiger partial charge in [-0.15, -0.1) is 0 Å². The van der Waals surface area contributed by atoms with Crippen LogP contribution >= 0.6 is 11.3 Å². The maximum Gasteiger partial charge on any atom is 0.226 e. The molecular formula is C13H18N4OS. The second-order valence-corrected chi connectivity index (χ2v) is 5.94. The highest BCUT2D eigenvalue weighted by atomic mass is 32.1. The van der Waals surface area contributed by atoms with E-state index in [1.807, 2.05) is 38.6 Å². The van der Waals surface area contributed by atoms with Crippen LogP contribution in [0.15, 0.2) is 12.4 Å². The Hall–Kier alpha value is -1.69. The summed E-state index contributed by atoms with van der Waals surface area (Å²) in [5, 5.41) is 3.49. The molecule has 0 bridgehead atoms. The maximum atomic E-state index is 11.7. The first-order valence-corrected chi connectivity index (χ1v) is 7.04. The van der Waals surface area contributed by atoms with Gasteiger partial charge in [0.15, 0.2) is 11.0 Å². The summed E-state index contributed by atoms with van der Waals surface area (Å²) in [7, 11) is 1.94. The number of carbonyl (C=O) groups is 1. The number of carbonyl (C=O) groups excluding carboxylic acids is 1. The minimum absolute atomic E-state index is 0.00939. The number of aryl methyl sites for hydroxylation is 2. The number of aromatic nitrogens is 3. The molecule has 0 aromatic carbocycles. The Morgan fingerprint density at radius 1 is 1.53 bits per heavy atom. The molecule has 102 valence electrons. The first-order valence-electron chi connectivity index (χ1n) is 6.22. The van der Waals surface area contributed by atoms with Gasteiger partial charge in [-0.1, -0.05) is 25.2 Å². The molecule has 6 heteroatoms. The Bertz CT molecular complexity index is 585. The van der Waals surface area contributed by atoms with Crippen molar-refractivity contribution in [2.45, 2.75) is 27.2 Å². The summed E-state index contributed by atoms with van der Waals surface area (Å²) in [6, 6.07) is 0. The summed E-state index contributed by atoms with van der Waals surface area (Å²) < 4.78 is 1.94. The molecule has 2 aromatic rings. The lowest BCUT2D eigenvalue weighted by Gasteiger charge is -2.03. The van der Waals surface area contributed by atoms with Gasteiger partial charge in [-0.25, -0.2) is 9.97 Å². The standard InChI is InChI=1S/C13H18N4OS/c1-8(2)7-10(18)16-13-15-9(3)11(19-13)12-14-5-6-17(12)4/h5-6,8H,7H2,1-4H3,(H,15,16,18). The summed E-state index contributed by atoms with van der Waals surface area (Å²) in [5.41, 5.74) is 0.888. The van der Waals surface area contributed by atoms with Crippen LogP contribution in [0.2, 0.25) is 0 Å². The molecule has 0 fully saturated rings. The van der Waals surface area contributed by atoms with E-state index in [4.69, 9.17) is 0 Å². The van der Waals surface area contributed by atoms with E-state index in [0.717, 1.165) is 16.4 Å². The summed E-state index contributed by atoms with van der Waals surface area (Å²) in [5.74, 6) is 1.23. The van der Waals surface area contributed by atoms with E-state index < -0.39 is 0 Å². The molecule has 0 aliphatic heterocycles. The van der Waals surface area contributed by atoms with E-state index in [-0.39, 0.29) is 5.91 Å². The minimum atomic E-state index is 0.00939.